The molecular formula is C21H22FN3OS. The lowest BCUT2D eigenvalue weighted by atomic mass is 9.95. The number of thiazole rings is 1. The van der Waals surface area contributed by atoms with Gasteiger partial charge in [-0.1, -0.05) is 35.6 Å². The lowest BCUT2D eigenvalue weighted by molar-refractivity contribution is -0.120. The van der Waals surface area contributed by atoms with E-state index in [2.05, 4.69) is 15.2 Å². The van der Waals surface area contributed by atoms with Gasteiger partial charge in [0.1, 0.15) is 11.3 Å². The Morgan fingerprint density at radius 1 is 1.15 bits per heavy atom. The van der Waals surface area contributed by atoms with Gasteiger partial charge in [-0.3, -0.25) is 4.79 Å². The maximum atomic E-state index is 13.9. The summed E-state index contributed by atoms with van der Waals surface area (Å²) in [6.07, 6.45) is 1.55. The molecule has 27 heavy (non-hydrogen) atoms. The number of anilines is 2. The SMILES string of the molecule is Cc1cccc(C)c1NC(=O)C1CCN(c2nc3c(F)cccc3s2)CC1. The van der Waals surface area contributed by atoms with Gasteiger partial charge in [0.25, 0.3) is 0 Å². The van der Waals surface area contributed by atoms with Crippen LogP contribution < -0.4 is 10.2 Å². The van der Waals surface area contributed by atoms with E-state index in [-0.39, 0.29) is 17.6 Å². The molecule has 0 radical (unpaired) electrons. The number of hydrogen-bond acceptors (Lipinski definition) is 4. The smallest absolute Gasteiger partial charge is 0.227 e. The average molecular weight is 383 g/mol. The van der Waals surface area contributed by atoms with Gasteiger partial charge < -0.3 is 10.2 Å². The lowest BCUT2D eigenvalue weighted by Crippen LogP contribution is -2.38. The number of fused-ring (bicyclic) bond motifs is 1. The molecule has 4 rings (SSSR count). The van der Waals surface area contributed by atoms with Crippen molar-refractivity contribution in [1.82, 2.24) is 4.98 Å². The monoisotopic (exact) mass is 383 g/mol. The largest absolute Gasteiger partial charge is 0.348 e. The first-order chi connectivity index (χ1) is 13.0. The highest BCUT2D eigenvalue weighted by molar-refractivity contribution is 7.22. The molecule has 1 aliphatic heterocycles. The summed E-state index contributed by atoms with van der Waals surface area (Å²) < 4.78 is 14.7. The molecule has 0 atom stereocenters. The van der Waals surface area contributed by atoms with Gasteiger partial charge in [-0.2, -0.15) is 0 Å². The van der Waals surface area contributed by atoms with Crippen molar-refractivity contribution in [3.63, 3.8) is 0 Å². The molecule has 1 aromatic heterocycles. The van der Waals surface area contributed by atoms with E-state index in [0.29, 0.717) is 5.52 Å². The van der Waals surface area contributed by atoms with Gasteiger partial charge in [0.2, 0.25) is 5.91 Å². The minimum absolute atomic E-state index is 0.00799. The average Bonchev–Trinajstić information content (AvgIpc) is 3.11. The van der Waals surface area contributed by atoms with Crippen LogP contribution in [0.25, 0.3) is 10.2 Å². The van der Waals surface area contributed by atoms with Crippen molar-refractivity contribution in [2.24, 2.45) is 5.92 Å². The van der Waals surface area contributed by atoms with Crippen molar-refractivity contribution in [2.45, 2.75) is 26.7 Å². The Balaban J connectivity index is 1.42. The molecule has 0 saturated carbocycles. The molecule has 3 aromatic rings. The van der Waals surface area contributed by atoms with E-state index < -0.39 is 0 Å². The fourth-order valence-corrected chi connectivity index (χ4v) is 4.64. The molecule has 1 N–H and O–H groups in total. The quantitative estimate of drug-likeness (QED) is 0.699. The Kier molecular flexibility index (Phi) is 4.83. The zero-order chi connectivity index (χ0) is 19.0. The molecule has 2 heterocycles. The molecule has 1 aliphatic rings. The summed E-state index contributed by atoms with van der Waals surface area (Å²) in [5.41, 5.74) is 3.52. The van der Waals surface area contributed by atoms with Crippen molar-refractivity contribution in [1.29, 1.82) is 0 Å². The Hall–Kier alpha value is -2.47. The first-order valence-corrected chi connectivity index (χ1v) is 10.0. The molecule has 4 nitrogen and oxygen atoms in total. The Labute approximate surface area is 162 Å². The van der Waals surface area contributed by atoms with Crippen LogP contribution in [0.4, 0.5) is 15.2 Å². The molecule has 2 aromatic carbocycles. The minimum Gasteiger partial charge on any atom is -0.348 e. The summed E-state index contributed by atoms with van der Waals surface area (Å²) in [6, 6.07) is 11.1. The predicted octanol–water partition coefficient (Wildman–Crippen LogP) is 4.91. The van der Waals surface area contributed by atoms with Crippen molar-refractivity contribution >= 4 is 38.3 Å². The van der Waals surface area contributed by atoms with Crippen LogP contribution in [-0.2, 0) is 4.79 Å². The number of carbonyl (C=O) groups is 1. The number of amides is 1. The van der Waals surface area contributed by atoms with Crippen LogP contribution in [0.5, 0.6) is 0 Å². The summed E-state index contributed by atoms with van der Waals surface area (Å²) in [5, 5.41) is 3.95. The van der Waals surface area contributed by atoms with Crippen LogP contribution >= 0.6 is 11.3 Å². The first-order valence-electron chi connectivity index (χ1n) is 9.20. The number of nitrogens with one attached hydrogen (secondary N) is 1. The van der Waals surface area contributed by atoms with Gasteiger partial charge in [0.15, 0.2) is 5.13 Å². The Morgan fingerprint density at radius 2 is 1.81 bits per heavy atom. The van der Waals surface area contributed by atoms with E-state index in [4.69, 9.17) is 0 Å². The second kappa shape index (κ2) is 7.27. The molecular weight excluding hydrogens is 361 g/mol. The minimum atomic E-state index is -0.280. The van der Waals surface area contributed by atoms with Crippen LogP contribution in [-0.4, -0.2) is 24.0 Å². The number of benzene rings is 2. The van der Waals surface area contributed by atoms with Crippen LogP contribution in [0.3, 0.4) is 0 Å². The zero-order valence-corrected chi connectivity index (χ0v) is 16.3. The number of hydrogen-bond donors (Lipinski definition) is 1. The third-order valence-corrected chi connectivity index (χ3v) is 6.31. The van der Waals surface area contributed by atoms with Gasteiger partial charge in [-0.25, -0.2) is 9.37 Å². The number of rotatable bonds is 3. The number of aryl methyl sites for hydroxylation is 2. The van der Waals surface area contributed by atoms with Gasteiger partial charge in [0.05, 0.1) is 4.70 Å². The molecule has 1 fully saturated rings. The predicted molar refractivity (Wildman–Crippen MR) is 109 cm³/mol. The highest BCUT2D eigenvalue weighted by Crippen LogP contribution is 2.33. The number of para-hydroxylation sites is 2. The molecule has 6 heteroatoms. The lowest BCUT2D eigenvalue weighted by Gasteiger charge is -2.31. The third-order valence-electron chi connectivity index (χ3n) is 5.22. The highest BCUT2D eigenvalue weighted by Gasteiger charge is 2.27. The normalized spacial score (nSPS) is 15.3. The van der Waals surface area contributed by atoms with E-state index in [9.17, 15) is 9.18 Å². The highest BCUT2D eigenvalue weighted by atomic mass is 32.1. The second-order valence-electron chi connectivity index (χ2n) is 7.10. The summed E-state index contributed by atoms with van der Waals surface area (Å²) in [5.74, 6) is -0.202. The molecule has 0 bridgehead atoms. The summed E-state index contributed by atoms with van der Waals surface area (Å²) >= 11 is 1.51. The Bertz CT molecular complexity index is 972. The molecule has 1 amide bonds. The number of piperidine rings is 1. The van der Waals surface area contributed by atoms with Crippen molar-refractivity contribution in [3.05, 3.63) is 53.3 Å². The Morgan fingerprint density at radius 3 is 2.48 bits per heavy atom. The van der Waals surface area contributed by atoms with Crippen molar-refractivity contribution in [3.8, 4) is 0 Å². The molecule has 0 unspecified atom stereocenters. The van der Waals surface area contributed by atoms with E-state index in [1.54, 1.807) is 6.07 Å². The second-order valence-corrected chi connectivity index (χ2v) is 8.11. The van der Waals surface area contributed by atoms with Crippen LogP contribution in [0.2, 0.25) is 0 Å². The van der Waals surface area contributed by atoms with E-state index in [0.717, 1.165) is 52.6 Å². The summed E-state index contributed by atoms with van der Waals surface area (Å²) in [6.45, 7) is 5.54. The maximum Gasteiger partial charge on any atom is 0.227 e. The molecule has 1 saturated heterocycles. The maximum absolute atomic E-state index is 13.9. The van der Waals surface area contributed by atoms with E-state index in [1.165, 1.54) is 17.4 Å². The number of aromatic nitrogens is 1. The topological polar surface area (TPSA) is 45.2 Å². The van der Waals surface area contributed by atoms with Gasteiger partial charge >= 0.3 is 0 Å². The fraction of sp³-hybridized carbons (Fsp3) is 0.333. The summed E-state index contributed by atoms with van der Waals surface area (Å²) in [7, 11) is 0. The standard InChI is InChI=1S/C21H22FN3OS/c1-13-5-3-6-14(2)18(13)23-20(26)15-9-11-25(12-10-15)21-24-19-16(22)7-4-8-17(19)27-21/h3-8,15H,9-12H2,1-2H3,(H,23,26). The first kappa shape index (κ1) is 17.9. The zero-order valence-electron chi connectivity index (χ0n) is 15.5. The van der Waals surface area contributed by atoms with Gasteiger partial charge in [0, 0.05) is 24.7 Å². The number of halogens is 1. The number of carbonyl (C=O) groups excluding carboxylic acids is 1. The molecule has 0 spiro atoms. The molecule has 0 aliphatic carbocycles. The third kappa shape index (κ3) is 3.54. The van der Waals surface area contributed by atoms with Crippen LogP contribution in [0.1, 0.15) is 24.0 Å². The van der Waals surface area contributed by atoms with Crippen molar-refractivity contribution in [2.75, 3.05) is 23.3 Å². The van der Waals surface area contributed by atoms with Crippen LogP contribution in [0.15, 0.2) is 36.4 Å². The fourth-order valence-electron chi connectivity index (χ4n) is 3.61. The van der Waals surface area contributed by atoms with Gasteiger partial charge in [-0.15, -0.1) is 0 Å². The van der Waals surface area contributed by atoms with E-state index >= 15 is 0 Å². The van der Waals surface area contributed by atoms with Gasteiger partial charge in [-0.05, 0) is 49.9 Å². The van der Waals surface area contributed by atoms with Crippen molar-refractivity contribution < 1.29 is 9.18 Å². The molecule has 140 valence electrons. The summed E-state index contributed by atoms with van der Waals surface area (Å²) in [4.78, 5) is 19.3. The number of nitrogens with zero attached hydrogens (tertiary/aromatic N) is 2. The van der Waals surface area contributed by atoms with Crippen LogP contribution in [0, 0.1) is 25.6 Å². The van der Waals surface area contributed by atoms with E-state index in [1.807, 2.05) is 38.1 Å².